The molecule has 0 saturated carbocycles. The molecule has 16 heteroatoms. The zero-order valence-corrected chi connectivity index (χ0v) is 23.1. The smallest absolute Gasteiger partial charge is 0.416 e. The second kappa shape index (κ2) is 11.6. The Labute approximate surface area is 244 Å². The van der Waals surface area contributed by atoms with Crippen LogP contribution in [0.1, 0.15) is 5.56 Å². The topological polar surface area (TPSA) is 109 Å². The van der Waals surface area contributed by atoms with E-state index < -0.39 is 17.6 Å². The van der Waals surface area contributed by atoms with E-state index in [4.69, 9.17) is 28.6 Å². The fraction of sp³-hybridized carbons (Fsp3) is 0.0800. The zero-order chi connectivity index (χ0) is 29.1. The number of fused-ring (bicyclic) bond motifs is 1. The minimum atomic E-state index is -4.57. The van der Waals surface area contributed by atoms with E-state index in [1.54, 1.807) is 12.1 Å². The summed E-state index contributed by atoms with van der Waals surface area (Å²) in [6, 6.07) is 14.2. The van der Waals surface area contributed by atoms with Gasteiger partial charge in [-0.1, -0.05) is 41.1 Å². The van der Waals surface area contributed by atoms with Gasteiger partial charge in [0.1, 0.15) is 17.1 Å². The van der Waals surface area contributed by atoms with E-state index in [1.807, 2.05) is 12.1 Å². The summed E-state index contributed by atoms with van der Waals surface area (Å²) < 4.78 is 59.5. The van der Waals surface area contributed by atoms with Crippen molar-refractivity contribution in [3.05, 3.63) is 77.1 Å². The summed E-state index contributed by atoms with van der Waals surface area (Å²) in [6.07, 6.45) is -4.57. The Morgan fingerprint density at radius 1 is 0.878 bits per heavy atom. The average Bonchev–Trinajstić information content (AvgIpc) is 3.33. The first-order valence-corrected chi connectivity index (χ1v) is 13.1. The Morgan fingerprint density at radius 2 is 1.61 bits per heavy atom. The predicted molar refractivity (Wildman–Crippen MR) is 155 cm³/mol. The molecule has 0 unspecified atom stereocenters. The number of nitrogens with zero attached hydrogens (tertiary/aromatic N) is 4. The summed E-state index contributed by atoms with van der Waals surface area (Å²) in [5, 5.41) is 11.4. The van der Waals surface area contributed by atoms with Crippen LogP contribution in [-0.4, -0.2) is 32.2 Å². The summed E-state index contributed by atoms with van der Waals surface area (Å²) in [6.45, 7) is 0. The average molecular weight is 621 g/mol. The fourth-order valence-electron chi connectivity index (χ4n) is 3.51. The molecule has 9 nitrogen and oxygen atoms in total. The van der Waals surface area contributed by atoms with E-state index in [9.17, 15) is 17.6 Å². The second-order valence-electron chi connectivity index (χ2n) is 8.13. The normalized spacial score (nSPS) is 11.3. The Kier molecular flexibility index (Phi) is 8.01. The molecule has 0 saturated heterocycles. The number of thiocarbonyl (C=S) groups is 1. The van der Waals surface area contributed by atoms with Crippen molar-refractivity contribution < 1.29 is 22.3 Å². The van der Waals surface area contributed by atoms with Crippen molar-refractivity contribution in [1.82, 2.24) is 19.9 Å². The number of ether oxygens (including phenoxy) is 1. The van der Waals surface area contributed by atoms with Crippen LogP contribution in [-0.2, 0) is 6.18 Å². The maximum absolute atomic E-state index is 14.1. The van der Waals surface area contributed by atoms with Crippen LogP contribution >= 0.6 is 35.2 Å². The molecule has 4 N–H and O–H groups in total. The maximum Gasteiger partial charge on any atom is 0.416 e. The van der Waals surface area contributed by atoms with Crippen molar-refractivity contribution >= 4 is 84.8 Å². The molecule has 0 spiro atoms. The van der Waals surface area contributed by atoms with Crippen molar-refractivity contribution in [1.29, 1.82) is 0 Å². The Balaban J connectivity index is 1.46. The summed E-state index contributed by atoms with van der Waals surface area (Å²) >= 11 is 12.7. The molecular weight excluding hydrogens is 604 g/mol. The Morgan fingerprint density at radius 3 is 2.32 bits per heavy atom. The number of aromatic nitrogens is 4. The largest absolute Gasteiger partial charge is 0.494 e. The van der Waals surface area contributed by atoms with Gasteiger partial charge in [-0.25, -0.2) is 9.37 Å². The second-order valence-corrected chi connectivity index (χ2v) is 9.98. The van der Waals surface area contributed by atoms with E-state index in [-0.39, 0.29) is 39.4 Å². The molecule has 0 bridgehead atoms. The number of rotatable bonds is 7. The van der Waals surface area contributed by atoms with Crippen molar-refractivity contribution in [2.45, 2.75) is 6.18 Å². The van der Waals surface area contributed by atoms with Crippen LogP contribution in [0.5, 0.6) is 5.75 Å². The van der Waals surface area contributed by atoms with Gasteiger partial charge in [-0.05, 0) is 54.7 Å². The molecule has 5 aromatic rings. The van der Waals surface area contributed by atoms with Crippen LogP contribution in [0.4, 0.5) is 51.9 Å². The molecule has 0 aliphatic heterocycles. The highest BCUT2D eigenvalue weighted by atomic mass is 35.5. The maximum atomic E-state index is 14.1. The van der Waals surface area contributed by atoms with Crippen LogP contribution < -0.4 is 26.0 Å². The first-order chi connectivity index (χ1) is 19.6. The third kappa shape index (κ3) is 6.70. The third-order valence-electron chi connectivity index (χ3n) is 5.35. The molecule has 0 aliphatic rings. The Hall–Kier alpha value is -4.34. The molecule has 0 fully saturated rings. The third-order valence-corrected chi connectivity index (χ3v) is 6.80. The predicted octanol–water partition coefficient (Wildman–Crippen LogP) is 7.60. The van der Waals surface area contributed by atoms with E-state index in [1.165, 1.54) is 36.6 Å². The van der Waals surface area contributed by atoms with Crippen LogP contribution in [0.25, 0.3) is 10.2 Å². The van der Waals surface area contributed by atoms with E-state index >= 15 is 0 Å². The lowest BCUT2D eigenvalue weighted by atomic mass is 10.2. The summed E-state index contributed by atoms with van der Waals surface area (Å²) in [4.78, 5) is 17.4. The molecule has 0 aliphatic carbocycles. The standard InChI is InChI=1S/C25H17ClF4N8OS2/c1-39-17-7-4-8-18-19(17)33-24(41-18)38-22-35-20(31-15-10-9-12(11-13(15)26)25(28,29)30)34-21(36-22)37-23(40)32-16-6-3-2-5-14(16)27/h2-11H,1H3,(H4,31,32,33,34,35,36,37,38,40). The number of methoxy groups -OCH3 is 1. The molecular formula is C25H17ClF4N8OS2. The first-order valence-electron chi connectivity index (χ1n) is 11.5. The molecule has 3 aromatic carbocycles. The van der Waals surface area contributed by atoms with E-state index in [2.05, 4.69) is 41.2 Å². The molecule has 41 heavy (non-hydrogen) atoms. The number of halogens is 5. The van der Waals surface area contributed by atoms with Crippen molar-refractivity contribution in [2.24, 2.45) is 0 Å². The van der Waals surface area contributed by atoms with Crippen LogP contribution in [0.2, 0.25) is 5.02 Å². The molecule has 2 aromatic heterocycles. The van der Waals surface area contributed by atoms with Crippen LogP contribution in [0.15, 0.2) is 60.7 Å². The summed E-state index contributed by atoms with van der Waals surface area (Å²) in [7, 11) is 1.54. The van der Waals surface area contributed by atoms with Gasteiger partial charge in [-0.15, -0.1) is 0 Å². The van der Waals surface area contributed by atoms with Gasteiger partial charge in [0.05, 0.1) is 33.8 Å². The van der Waals surface area contributed by atoms with Gasteiger partial charge < -0.3 is 20.7 Å². The first kappa shape index (κ1) is 28.2. The van der Waals surface area contributed by atoms with Gasteiger partial charge in [0, 0.05) is 0 Å². The zero-order valence-electron chi connectivity index (χ0n) is 20.7. The van der Waals surface area contributed by atoms with Crippen molar-refractivity contribution in [2.75, 3.05) is 28.4 Å². The van der Waals surface area contributed by atoms with Crippen LogP contribution in [0.3, 0.4) is 0 Å². The summed E-state index contributed by atoms with van der Waals surface area (Å²) in [5.74, 6) is -0.0896. The highest BCUT2D eigenvalue weighted by Gasteiger charge is 2.31. The van der Waals surface area contributed by atoms with Gasteiger partial charge >= 0.3 is 6.18 Å². The highest BCUT2D eigenvalue weighted by molar-refractivity contribution is 7.80. The van der Waals surface area contributed by atoms with Crippen molar-refractivity contribution in [3.63, 3.8) is 0 Å². The Bertz CT molecular complexity index is 1750. The van der Waals surface area contributed by atoms with Gasteiger partial charge in [0.2, 0.25) is 17.8 Å². The lowest BCUT2D eigenvalue weighted by Crippen LogP contribution is -2.22. The highest BCUT2D eigenvalue weighted by Crippen LogP contribution is 2.35. The number of anilines is 6. The van der Waals surface area contributed by atoms with E-state index in [0.29, 0.717) is 16.4 Å². The quantitative estimate of drug-likeness (QED) is 0.107. The van der Waals surface area contributed by atoms with Gasteiger partial charge in [-0.3, -0.25) is 5.32 Å². The lowest BCUT2D eigenvalue weighted by molar-refractivity contribution is -0.137. The number of benzene rings is 3. The summed E-state index contributed by atoms with van der Waals surface area (Å²) in [5.41, 5.74) is -0.0560. The minimum absolute atomic E-state index is 0.0137. The van der Waals surface area contributed by atoms with Crippen LogP contribution in [0, 0.1) is 5.82 Å². The number of nitrogens with one attached hydrogen (secondary N) is 4. The van der Waals surface area contributed by atoms with Gasteiger partial charge in [0.15, 0.2) is 10.2 Å². The SMILES string of the molecule is COc1cccc2sc(Nc3nc(NC(=S)Nc4ccccc4F)nc(Nc4ccc(C(F)(F)F)cc4Cl)n3)nc12. The number of alkyl halides is 3. The monoisotopic (exact) mass is 620 g/mol. The number of hydrogen-bond acceptors (Lipinski definition) is 9. The number of thiazole rings is 1. The fourth-order valence-corrected chi connectivity index (χ4v) is 4.82. The molecule has 5 rings (SSSR count). The van der Waals surface area contributed by atoms with E-state index in [0.717, 1.165) is 22.9 Å². The molecule has 0 amide bonds. The molecule has 0 radical (unpaired) electrons. The van der Waals surface area contributed by atoms with Gasteiger partial charge in [0.25, 0.3) is 0 Å². The number of para-hydroxylation sites is 2. The van der Waals surface area contributed by atoms with Crippen molar-refractivity contribution in [3.8, 4) is 5.75 Å². The van der Waals surface area contributed by atoms with Gasteiger partial charge in [-0.2, -0.15) is 28.1 Å². The minimum Gasteiger partial charge on any atom is -0.494 e. The number of hydrogen-bond donors (Lipinski definition) is 4. The molecule has 210 valence electrons. The molecule has 0 atom stereocenters. The lowest BCUT2D eigenvalue weighted by Gasteiger charge is -2.14. The molecule has 2 heterocycles.